The summed E-state index contributed by atoms with van der Waals surface area (Å²) in [6.07, 6.45) is 1.59. The number of carbonyl (C=O) groups excluding carboxylic acids is 2. The number of rotatable bonds is 6. The Hall–Kier alpha value is -2.74. The van der Waals surface area contributed by atoms with E-state index in [4.69, 9.17) is 12.2 Å². The highest BCUT2D eigenvalue weighted by atomic mass is 32.1. The molecule has 0 aliphatic rings. The lowest BCUT2D eigenvalue weighted by Crippen LogP contribution is -2.47. The van der Waals surface area contributed by atoms with E-state index in [0.717, 1.165) is 0 Å². The number of nitrogens with one attached hydrogen (secondary N) is 2. The first-order valence-electron chi connectivity index (χ1n) is 9.05. The second-order valence-electron chi connectivity index (χ2n) is 7.51. The zero-order valence-corrected chi connectivity index (χ0v) is 17.5. The van der Waals surface area contributed by atoms with Gasteiger partial charge in [-0.15, -0.1) is 6.58 Å². The van der Waals surface area contributed by atoms with Gasteiger partial charge in [0.2, 0.25) is 5.91 Å². The fraction of sp³-hybridized carbons (Fsp3) is 0.400. The van der Waals surface area contributed by atoms with Gasteiger partial charge < -0.3 is 15.2 Å². The molecular weight excluding hydrogens is 376 g/mol. The van der Waals surface area contributed by atoms with Crippen molar-refractivity contribution in [3.63, 3.8) is 0 Å². The lowest BCUT2D eigenvalue weighted by atomic mass is 10.1. The molecule has 2 amide bonds. The van der Waals surface area contributed by atoms with Crippen LogP contribution in [-0.4, -0.2) is 44.9 Å². The van der Waals surface area contributed by atoms with E-state index < -0.39 is 0 Å². The maximum Gasteiger partial charge on any atom is 0.262 e. The molecule has 0 spiro atoms. The van der Waals surface area contributed by atoms with Crippen molar-refractivity contribution in [2.75, 3.05) is 13.1 Å². The highest BCUT2D eigenvalue weighted by Crippen LogP contribution is 2.13. The van der Waals surface area contributed by atoms with E-state index in [0.29, 0.717) is 29.6 Å². The number of hydrogen-bond donors (Lipinski definition) is 2. The minimum Gasteiger partial charge on any atom is -0.350 e. The predicted octanol–water partition coefficient (Wildman–Crippen LogP) is 2.62. The molecule has 0 aliphatic carbocycles. The molecule has 0 unspecified atom stereocenters. The van der Waals surface area contributed by atoms with Crippen molar-refractivity contribution < 1.29 is 9.59 Å². The number of nitrogens with zero attached hydrogens (tertiary/aromatic N) is 2. The van der Waals surface area contributed by atoms with Gasteiger partial charge in [0.15, 0.2) is 4.77 Å². The molecule has 0 radical (unpaired) electrons. The van der Waals surface area contributed by atoms with Crippen LogP contribution in [-0.2, 0) is 11.3 Å². The Kier molecular flexibility index (Phi) is 6.56. The van der Waals surface area contributed by atoms with Crippen molar-refractivity contribution >= 4 is 34.9 Å². The fourth-order valence-electron chi connectivity index (χ4n) is 2.82. The van der Waals surface area contributed by atoms with Gasteiger partial charge in [0, 0.05) is 24.2 Å². The van der Waals surface area contributed by atoms with Crippen molar-refractivity contribution in [2.24, 2.45) is 0 Å². The number of amides is 2. The Morgan fingerprint density at radius 3 is 2.61 bits per heavy atom. The van der Waals surface area contributed by atoms with Crippen LogP contribution in [0.2, 0.25) is 0 Å². The first-order chi connectivity index (χ1) is 13.1. The topological polar surface area (TPSA) is 87.2 Å². The molecular formula is C20H26N4O3S. The SMILES string of the molecule is C=CCn1c(=S)[nH]c2cc(C(=O)N(CC)CC(=O)NC(C)(C)C)ccc2c1=O. The fourth-order valence-corrected chi connectivity index (χ4v) is 3.09. The number of carbonyl (C=O) groups is 2. The van der Waals surface area contributed by atoms with Gasteiger partial charge in [-0.25, -0.2) is 0 Å². The van der Waals surface area contributed by atoms with Crippen molar-refractivity contribution in [3.05, 3.63) is 51.5 Å². The molecule has 2 rings (SSSR count). The van der Waals surface area contributed by atoms with E-state index >= 15 is 0 Å². The maximum atomic E-state index is 12.9. The molecule has 1 aromatic carbocycles. The van der Waals surface area contributed by atoms with Crippen LogP contribution in [0.4, 0.5) is 0 Å². The summed E-state index contributed by atoms with van der Waals surface area (Å²) in [5, 5.41) is 3.28. The number of aromatic nitrogens is 2. The molecule has 1 aromatic heterocycles. The molecule has 0 saturated carbocycles. The summed E-state index contributed by atoms with van der Waals surface area (Å²) in [5.41, 5.74) is 0.248. The summed E-state index contributed by atoms with van der Waals surface area (Å²) in [7, 11) is 0. The lowest BCUT2D eigenvalue weighted by Gasteiger charge is -2.25. The van der Waals surface area contributed by atoms with Gasteiger partial charge in [-0.05, 0) is 58.1 Å². The number of H-pyrrole nitrogens is 1. The number of allylic oxidation sites excluding steroid dienone is 1. The molecule has 150 valence electrons. The quantitative estimate of drug-likeness (QED) is 0.574. The van der Waals surface area contributed by atoms with Crippen LogP contribution in [0.25, 0.3) is 10.9 Å². The minimum atomic E-state index is -0.372. The molecule has 28 heavy (non-hydrogen) atoms. The van der Waals surface area contributed by atoms with Gasteiger partial charge in [0.1, 0.15) is 0 Å². The third-order valence-corrected chi connectivity index (χ3v) is 4.38. The van der Waals surface area contributed by atoms with Crippen LogP contribution < -0.4 is 10.9 Å². The van der Waals surface area contributed by atoms with Crippen molar-refractivity contribution in [3.8, 4) is 0 Å². The van der Waals surface area contributed by atoms with Crippen LogP contribution in [0.1, 0.15) is 38.1 Å². The van der Waals surface area contributed by atoms with E-state index in [9.17, 15) is 14.4 Å². The first kappa shape index (κ1) is 21.6. The summed E-state index contributed by atoms with van der Waals surface area (Å²) in [6.45, 7) is 11.7. The normalized spacial score (nSPS) is 11.3. The van der Waals surface area contributed by atoms with Crippen molar-refractivity contribution in [2.45, 2.75) is 39.8 Å². The third kappa shape index (κ3) is 4.95. The molecule has 0 fully saturated rings. The molecule has 0 saturated heterocycles. The van der Waals surface area contributed by atoms with Crippen LogP contribution >= 0.6 is 12.2 Å². The van der Waals surface area contributed by atoms with Gasteiger partial charge in [-0.2, -0.15) is 0 Å². The standard InChI is InChI=1S/C20H26N4O3S/c1-6-10-24-18(27)14-9-8-13(11-15(14)21-19(24)28)17(26)23(7-2)12-16(25)22-20(3,4)5/h6,8-9,11H,1,7,10,12H2,2-5H3,(H,21,28)(H,22,25). The number of likely N-dealkylation sites (N-methyl/N-ethyl adjacent to an activating group) is 1. The van der Waals surface area contributed by atoms with Gasteiger partial charge in [-0.3, -0.25) is 19.0 Å². The molecule has 7 nitrogen and oxygen atoms in total. The average molecular weight is 403 g/mol. The van der Waals surface area contributed by atoms with E-state index in [1.165, 1.54) is 9.47 Å². The molecule has 0 aliphatic heterocycles. The highest BCUT2D eigenvalue weighted by Gasteiger charge is 2.21. The second-order valence-corrected chi connectivity index (χ2v) is 7.90. The molecule has 1 heterocycles. The molecule has 0 bridgehead atoms. The van der Waals surface area contributed by atoms with E-state index in [2.05, 4.69) is 16.9 Å². The van der Waals surface area contributed by atoms with Crippen LogP contribution in [0.5, 0.6) is 0 Å². The summed E-state index contributed by atoms with van der Waals surface area (Å²) in [4.78, 5) is 42.1. The Bertz CT molecular complexity index is 1030. The third-order valence-electron chi connectivity index (χ3n) is 4.06. The zero-order valence-electron chi connectivity index (χ0n) is 16.7. The Labute approximate surface area is 169 Å². The predicted molar refractivity (Wildman–Crippen MR) is 113 cm³/mol. The maximum absolute atomic E-state index is 12.9. The molecule has 0 atom stereocenters. The molecule has 2 aromatic rings. The van der Waals surface area contributed by atoms with E-state index in [-0.39, 0.29) is 34.2 Å². The number of hydrogen-bond acceptors (Lipinski definition) is 4. The Morgan fingerprint density at radius 2 is 2.04 bits per heavy atom. The number of fused-ring (bicyclic) bond motifs is 1. The van der Waals surface area contributed by atoms with Crippen LogP contribution in [0.15, 0.2) is 35.6 Å². The molecule has 2 N–H and O–H groups in total. The average Bonchev–Trinajstić information content (AvgIpc) is 2.60. The van der Waals surface area contributed by atoms with Gasteiger partial charge >= 0.3 is 0 Å². The van der Waals surface area contributed by atoms with Gasteiger partial charge in [0.05, 0.1) is 17.4 Å². The Morgan fingerprint density at radius 1 is 1.36 bits per heavy atom. The number of benzene rings is 1. The second kappa shape index (κ2) is 8.52. The zero-order chi connectivity index (χ0) is 21.1. The van der Waals surface area contributed by atoms with Crippen LogP contribution in [0, 0.1) is 4.77 Å². The van der Waals surface area contributed by atoms with E-state index in [1.807, 2.05) is 27.7 Å². The van der Waals surface area contributed by atoms with Crippen LogP contribution in [0.3, 0.4) is 0 Å². The highest BCUT2D eigenvalue weighted by molar-refractivity contribution is 7.71. The first-order valence-corrected chi connectivity index (χ1v) is 9.46. The summed E-state index contributed by atoms with van der Waals surface area (Å²) in [6, 6.07) is 4.78. The van der Waals surface area contributed by atoms with Crippen molar-refractivity contribution in [1.29, 1.82) is 0 Å². The Balaban J connectivity index is 2.35. The van der Waals surface area contributed by atoms with E-state index in [1.54, 1.807) is 24.3 Å². The number of aromatic amines is 1. The monoisotopic (exact) mass is 402 g/mol. The summed E-state index contributed by atoms with van der Waals surface area (Å²) >= 11 is 5.23. The molecule has 8 heteroatoms. The largest absolute Gasteiger partial charge is 0.350 e. The smallest absolute Gasteiger partial charge is 0.262 e. The summed E-state index contributed by atoms with van der Waals surface area (Å²) in [5.74, 6) is -0.516. The summed E-state index contributed by atoms with van der Waals surface area (Å²) < 4.78 is 1.67. The van der Waals surface area contributed by atoms with Crippen molar-refractivity contribution in [1.82, 2.24) is 19.8 Å². The lowest BCUT2D eigenvalue weighted by molar-refractivity contribution is -0.123. The van der Waals surface area contributed by atoms with Gasteiger partial charge in [-0.1, -0.05) is 6.08 Å². The van der Waals surface area contributed by atoms with Gasteiger partial charge in [0.25, 0.3) is 11.5 Å². The minimum absolute atomic E-state index is 0.0401.